The summed E-state index contributed by atoms with van der Waals surface area (Å²) in [6, 6.07) is 10.4. The Morgan fingerprint density at radius 1 is 1.08 bits per heavy atom. The maximum atomic E-state index is 13.4. The third-order valence-corrected chi connectivity index (χ3v) is 5.48. The Bertz CT molecular complexity index is 1450. The van der Waals surface area contributed by atoms with E-state index in [9.17, 15) is 24.0 Å². The lowest BCUT2D eigenvalue weighted by Gasteiger charge is -2.25. The summed E-state index contributed by atoms with van der Waals surface area (Å²) in [6.07, 6.45) is 1.37. The van der Waals surface area contributed by atoms with Crippen LogP contribution in [0.25, 0.3) is 0 Å². The first-order chi connectivity index (χ1) is 17.1. The van der Waals surface area contributed by atoms with Gasteiger partial charge in [0.15, 0.2) is 5.69 Å². The van der Waals surface area contributed by atoms with Crippen molar-refractivity contribution < 1.29 is 9.53 Å². The monoisotopic (exact) mass is 498 g/mol. The number of anilines is 2. The van der Waals surface area contributed by atoms with Crippen molar-refractivity contribution >= 4 is 17.4 Å². The number of aromatic nitrogens is 4. The molecule has 0 aliphatic carbocycles. The Morgan fingerprint density at radius 2 is 1.78 bits per heavy atom. The molecule has 192 valence electrons. The minimum atomic E-state index is -0.858. The third kappa shape index (κ3) is 5.89. The van der Waals surface area contributed by atoms with Crippen LogP contribution in [0.1, 0.15) is 19.4 Å². The number of benzene rings is 1. The molecule has 0 saturated carbocycles. The van der Waals surface area contributed by atoms with Gasteiger partial charge in [0.2, 0.25) is 5.91 Å². The molecule has 0 aliphatic heterocycles. The average molecular weight is 499 g/mol. The summed E-state index contributed by atoms with van der Waals surface area (Å²) < 4.78 is 8.36. The van der Waals surface area contributed by atoms with Gasteiger partial charge < -0.3 is 15.4 Å². The molecule has 0 radical (unpaired) electrons. The van der Waals surface area contributed by atoms with Gasteiger partial charge in [-0.3, -0.25) is 33.1 Å². The standard InChI is InChI=1S/C24H30N6O6/c1-16(2)13-30-21(25)20(22(33)26-23(30)34)28(11-12-36-3)19(32)15-29-18(31)9-10-27(24(29)35)14-17-7-5-4-6-8-17/h4-10,16H,11-15,25H2,1-3H3,(H,26,33,34). The fourth-order valence-corrected chi connectivity index (χ4v) is 3.75. The molecule has 12 heteroatoms. The molecule has 0 bridgehead atoms. The summed E-state index contributed by atoms with van der Waals surface area (Å²) >= 11 is 0. The summed E-state index contributed by atoms with van der Waals surface area (Å²) in [4.78, 5) is 67.2. The average Bonchev–Trinajstić information content (AvgIpc) is 2.83. The zero-order valence-corrected chi connectivity index (χ0v) is 20.5. The Balaban J connectivity index is 2.03. The normalized spacial score (nSPS) is 11.1. The summed E-state index contributed by atoms with van der Waals surface area (Å²) in [6.45, 7) is 3.45. The van der Waals surface area contributed by atoms with Crippen LogP contribution in [-0.2, 0) is 29.2 Å². The molecule has 0 aliphatic rings. The fourth-order valence-electron chi connectivity index (χ4n) is 3.75. The molecule has 0 saturated heterocycles. The molecule has 2 heterocycles. The Hall–Kier alpha value is -4.19. The second-order valence-corrected chi connectivity index (χ2v) is 8.67. The number of hydrogen-bond donors (Lipinski definition) is 2. The highest BCUT2D eigenvalue weighted by molar-refractivity contribution is 5.95. The van der Waals surface area contributed by atoms with Gasteiger partial charge in [-0.15, -0.1) is 0 Å². The van der Waals surface area contributed by atoms with Crippen LogP contribution in [0.15, 0.2) is 61.8 Å². The number of nitrogens with two attached hydrogens (primary N) is 1. The van der Waals surface area contributed by atoms with E-state index in [1.54, 1.807) is 0 Å². The van der Waals surface area contributed by atoms with E-state index in [4.69, 9.17) is 10.5 Å². The van der Waals surface area contributed by atoms with Gasteiger partial charge in [-0.05, 0) is 11.5 Å². The van der Waals surface area contributed by atoms with E-state index in [1.807, 2.05) is 44.2 Å². The number of carbonyl (C=O) groups excluding carboxylic acids is 1. The first-order valence-electron chi connectivity index (χ1n) is 11.4. The highest BCUT2D eigenvalue weighted by Gasteiger charge is 2.25. The number of nitrogen functional groups attached to an aromatic ring is 1. The lowest BCUT2D eigenvalue weighted by molar-refractivity contribution is -0.119. The number of H-pyrrole nitrogens is 1. The van der Waals surface area contributed by atoms with Crippen molar-refractivity contribution in [2.45, 2.75) is 33.5 Å². The van der Waals surface area contributed by atoms with E-state index in [0.29, 0.717) is 0 Å². The minimum absolute atomic E-state index is 0.0258. The zero-order chi connectivity index (χ0) is 26.4. The number of carbonyl (C=O) groups is 1. The van der Waals surface area contributed by atoms with Gasteiger partial charge in [0.25, 0.3) is 11.1 Å². The number of methoxy groups -OCH3 is 1. The molecule has 2 aromatic heterocycles. The molecule has 1 aromatic carbocycles. The smallest absolute Gasteiger partial charge is 0.331 e. The maximum absolute atomic E-state index is 13.4. The van der Waals surface area contributed by atoms with Crippen LogP contribution in [0.5, 0.6) is 0 Å². The highest BCUT2D eigenvalue weighted by atomic mass is 16.5. The van der Waals surface area contributed by atoms with E-state index in [1.165, 1.54) is 28.5 Å². The van der Waals surface area contributed by atoms with Crippen LogP contribution in [-0.4, -0.2) is 44.9 Å². The Morgan fingerprint density at radius 3 is 2.42 bits per heavy atom. The van der Waals surface area contributed by atoms with Crippen molar-refractivity contribution in [3.05, 3.63) is 89.8 Å². The number of ether oxygens (including phenoxy) is 1. The van der Waals surface area contributed by atoms with E-state index in [-0.39, 0.29) is 43.7 Å². The number of aromatic amines is 1. The van der Waals surface area contributed by atoms with Gasteiger partial charge in [-0.25, -0.2) is 9.59 Å². The van der Waals surface area contributed by atoms with Crippen LogP contribution < -0.4 is 33.1 Å². The van der Waals surface area contributed by atoms with Crippen LogP contribution in [0, 0.1) is 5.92 Å². The van der Waals surface area contributed by atoms with Gasteiger partial charge in [-0.1, -0.05) is 44.2 Å². The summed E-state index contributed by atoms with van der Waals surface area (Å²) in [7, 11) is 1.42. The Labute approximate surface area is 206 Å². The largest absolute Gasteiger partial charge is 0.383 e. The molecular weight excluding hydrogens is 468 g/mol. The number of nitrogens with zero attached hydrogens (tertiary/aromatic N) is 4. The predicted octanol–water partition coefficient (Wildman–Crippen LogP) is -0.174. The van der Waals surface area contributed by atoms with Gasteiger partial charge in [-0.2, -0.15) is 0 Å². The van der Waals surface area contributed by atoms with E-state index >= 15 is 0 Å². The van der Waals surface area contributed by atoms with E-state index in [0.717, 1.165) is 15.0 Å². The van der Waals surface area contributed by atoms with Crippen molar-refractivity contribution in [3.8, 4) is 0 Å². The summed E-state index contributed by atoms with van der Waals surface area (Å²) in [5, 5.41) is 0. The SMILES string of the molecule is COCCN(C(=O)Cn1c(=O)ccn(Cc2ccccc2)c1=O)c1c(N)n(CC(C)C)c(=O)[nH]c1=O. The number of rotatable bonds is 10. The molecule has 12 nitrogen and oxygen atoms in total. The van der Waals surface area contributed by atoms with Gasteiger partial charge in [0.1, 0.15) is 12.4 Å². The molecule has 0 atom stereocenters. The molecule has 3 aromatic rings. The molecule has 0 unspecified atom stereocenters. The lowest BCUT2D eigenvalue weighted by Crippen LogP contribution is -2.47. The van der Waals surface area contributed by atoms with Crippen molar-refractivity contribution in [1.29, 1.82) is 0 Å². The first-order valence-corrected chi connectivity index (χ1v) is 11.4. The second kappa shape index (κ2) is 11.5. The topological polar surface area (TPSA) is 154 Å². The summed E-state index contributed by atoms with van der Waals surface area (Å²) in [5.74, 6) is -0.905. The fraction of sp³-hybridized carbons (Fsp3) is 0.375. The Kier molecular flexibility index (Phi) is 8.43. The number of amides is 1. The minimum Gasteiger partial charge on any atom is -0.383 e. The molecule has 3 rings (SSSR count). The predicted molar refractivity (Wildman–Crippen MR) is 135 cm³/mol. The molecule has 3 N–H and O–H groups in total. The maximum Gasteiger partial charge on any atom is 0.331 e. The van der Waals surface area contributed by atoms with Gasteiger partial charge in [0.05, 0.1) is 13.2 Å². The lowest BCUT2D eigenvalue weighted by atomic mass is 10.2. The summed E-state index contributed by atoms with van der Waals surface area (Å²) in [5.41, 5.74) is 3.87. The van der Waals surface area contributed by atoms with Gasteiger partial charge in [0, 0.05) is 32.5 Å². The van der Waals surface area contributed by atoms with E-state index in [2.05, 4.69) is 4.98 Å². The van der Waals surface area contributed by atoms with Crippen LogP contribution in [0.3, 0.4) is 0 Å². The second-order valence-electron chi connectivity index (χ2n) is 8.67. The molecule has 0 spiro atoms. The third-order valence-electron chi connectivity index (χ3n) is 5.48. The first kappa shape index (κ1) is 26.4. The van der Waals surface area contributed by atoms with Crippen LogP contribution in [0.2, 0.25) is 0 Å². The quantitative estimate of drug-likeness (QED) is 0.393. The van der Waals surface area contributed by atoms with Crippen LogP contribution in [0.4, 0.5) is 11.5 Å². The van der Waals surface area contributed by atoms with Crippen molar-refractivity contribution in [1.82, 2.24) is 18.7 Å². The molecule has 0 fully saturated rings. The highest BCUT2D eigenvalue weighted by Crippen LogP contribution is 2.18. The van der Waals surface area contributed by atoms with Crippen molar-refractivity contribution in [2.24, 2.45) is 5.92 Å². The van der Waals surface area contributed by atoms with Crippen LogP contribution >= 0.6 is 0 Å². The van der Waals surface area contributed by atoms with Crippen molar-refractivity contribution in [2.75, 3.05) is 30.9 Å². The van der Waals surface area contributed by atoms with E-state index < -0.39 is 34.9 Å². The molecule has 1 amide bonds. The van der Waals surface area contributed by atoms with Gasteiger partial charge >= 0.3 is 11.4 Å². The number of nitrogens with one attached hydrogen (secondary N) is 1. The van der Waals surface area contributed by atoms with Crippen molar-refractivity contribution in [3.63, 3.8) is 0 Å². The zero-order valence-electron chi connectivity index (χ0n) is 20.5. The molecular formula is C24H30N6O6. The number of hydrogen-bond acceptors (Lipinski definition) is 7. The molecule has 36 heavy (non-hydrogen) atoms.